The Labute approximate surface area is 196 Å². The summed E-state index contributed by atoms with van der Waals surface area (Å²) in [5.74, 6) is 0.662. The first-order chi connectivity index (χ1) is 16.1. The Kier molecular flexibility index (Phi) is 9.39. The topological polar surface area (TPSA) is 84.3 Å². The number of ether oxygens (including phenoxy) is 1. The van der Waals surface area contributed by atoms with E-state index in [1.807, 2.05) is 60.9 Å². The molecule has 1 aromatic heterocycles. The maximum Gasteiger partial charge on any atom is 0.321 e. The highest BCUT2D eigenvalue weighted by molar-refractivity contribution is 5.74. The van der Waals surface area contributed by atoms with Gasteiger partial charge in [0.1, 0.15) is 11.8 Å². The van der Waals surface area contributed by atoms with Crippen LogP contribution in [-0.2, 0) is 11.2 Å². The van der Waals surface area contributed by atoms with Gasteiger partial charge in [-0.25, -0.2) is 9.97 Å². The third kappa shape index (κ3) is 7.39. The van der Waals surface area contributed by atoms with Crippen LogP contribution in [0.15, 0.2) is 60.9 Å². The lowest BCUT2D eigenvalue weighted by atomic mass is 10.0. The fraction of sp³-hybridized carbons (Fsp3) is 0.370. The van der Waals surface area contributed by atoms with Crippen molar-refractivity contribution in [3.05, 3.63) is 66.5 Å². The number of nitrogens with one attached hydrogen (secondary N) is 1. The van der Waals surface area contributed by atoms with Crippen LogP contribution in [-0.4, -0.2) is 40.7 Å². The van der Waals surface area contributed by atoms with Crippen LogP contribution in [0.5, 0.6) is 5.75 Å². The van der Waals surface area contributed by atoms with E-state index in [2.05, 4.69) is 22.2 Å². The zero-order chi connectivity index (χ0) is 23.5. The van der Waals surface area contributed by atoms with Crippen molar-refractivity contribution in [1.82, 2.24) is 15.3 Å². The molecule has 3 rings (SSSR count). The Bertz CT molecular complexity index is 987. The number of carboxylic acids is 1. The molecule has 0 spiro atoms. The molecule has 2 aromatic carbocycles. The molecule has 1 atom stereocenters. The van der Waals surface area contributed by atoms with Gasteiger partial charge in [-0.05, 0) is 43.1 Å². The smallest absolute Gasteiger partial charge is 0.321 e. The van der Waals surface area contributed by atoms with Crippen molar-refractivity contribution in [3.8, 4) is 28.3 Å². The maximum atomic E-state index is 11.2. The molecule has 33 heavy (non-hydrogen) atoms. The maximum absolute atomic E-state index is 11.2. The van der Waals surface area contributed by atoms with Crippen molar-refractivity contribution in [3.63, 3.8) is 0 Å². The fourth-order valence-corrected chi connectivity index (χ4v) is 3.60. The lowest BCUT2D eigenvalue weighted by Gasteiger charge is -2.11. The molecule has 0 aliphatic carbocycles. The summed E-state index contributed by atoms with van der Waals surface area (Å²) in [4.78, 5) is 20.2. The Hall–Kier alpha value is -3.25. The Morgan fingerprint density at radius 3 is 2.15 bits per heavy atom. The number of aliphatic carboxylic acids is 1. The lowest BCUT2D eigenvalue weighted by molar-refractivity contribution is -0.139. The molecule has 6 heteroatoms. The number of likely N-dealkylation sites (N-methyl/N-ethyl adjacent to an activating group) is 1. The van der Waals surface area contributed by atoms with E-state index < -0.39 is 12.0 Å². The van der Waals surface area contributed by atoms with Crippen LogP contribution in [0.3, 0.4) is 0 Å². The largest absolute Gasteiger partial charge is 0.494 e. The van der Waals surface area contributed by atoms with Crippen LogP contribution in [0.1, 0.15) is 44.6 Å². The first-order valence-corrected chi connectivity index (χ1v) is 11.7. The van der Waals surface area contributed by atoms with Gasteiger partial charge >= 0.3 is 5.97 Å². The number of rotatable bonds is 13. The Morgan fingerprint density at radius 1 is 0.909 bits per heavy atom. The number of hydrogen-bond donors (Lipinski definition) is 2. The molecule has 0 fully saturated rings. The second-order valence-corrected chi connectivity index (χ2v) is 8.16. The highest BCUT2D eigenvalue weighted by Crippen LogP contribution is 2.23. The highest BCUT2D eigenvalue weighted by atomic mass is 16.5. The summed E-state index contributed by atoms with van der Waals surface area (Å²) < 4.78 is 5.84. The summed E-state index contributed by atoms with van der Waals surface area (Å²) in [6, 6.07) is 15.1. The third-order valence-corrected chi connectivity index (χ3v) is 5.65. The molecule has 1 unspecified atom stereocenters. The van der Waals surface area contributed by atoms with E-state index >= 15 is 0 Å². The SMILES string of the molecule is CCCCCCCOc1ccc(-c2cnc(-c3ccc(CC(NC)C(=O)O)cc3)nc2)cc1. The number of hydrogen-bond acceptors (Lipinski definition) is 5. The molecule has 0 amide bonds. The van der Waals surface area contributed by atoms with Gasteiger partial charge in [-0.15, -0.1) is 0 Å². The first kappa shape index (κ1) is 24.4. The van der Waals surface area contributed by atoms with Gasteiger partial charge in [-0.3, -0.25) is 4.79 Å². The van der Waals surface area contributed by atoms with Crippen molar-refractivity contribution in [1.29, 1.82) is 0 Å². The predicted octanol–water partition coefficient (Wildman–Crippen LogP) is 5.37. The molecule has 2 N–H and O–H groups in total. The van der Waals surface area contributed by atoms with Crippen LogP contribution in [0.25, 0.3) is 22.5 Å². The molecule has 0 aliphatic rings. The zero-order valence-corrected chi connectivity index (χ0v) is 19.5. The Balaban J connectivity index is 1.56. The molecule has 3 aromatic rings. The van der Waals surface area contributed by atoms with Crippen LogP contribution >= 0.6 is 0 Å². The van der Waals surface area contributed by atoms with Gasteiger partial charge in [0.2, 0.25) is 0 Å². The van der Waals surface area contributed by atoms with Gasteiger partial charge < -0.3 is 15.2 Å². The number of carboxylic acid groups (broad SMARTS) is 1. The number of benzene rings is 2. The minimum absolute atomic E-state index is 0.421. The summed E-state index contributed by atoms with van der Waals surface area (Å²) in [5, 5.41) is 12.0. The number of carbonyl (C=O) groups is 1. The molecular formula is C27H33N3O3. The lowest BCUT2D eigenvalue weighted by Crippen LogP contribution is -2.35. The van der Waals surface area contributed by atoms with Gasteiger partial charge in [0.05, 0.1) is 6.61 Å². The summed E-state index contributed by atoms with van der Waals surface area (Å²) in [5.41, 5.74) is 3.82. The summed E-state index contributed by atoms with van der Waals surface area (Å²) in [6.45, 7) is 2.98. The van der Waals surface area contributed by atoms with Crippen molar-refractivity contribution in [2.75, 3.05) is 13.7 Å². The van der Waals surface area contributed by atoms with E-state index in [4.69, 9.17) is 4.74 Å². The summed E-state index contributed by atoms with van der Waals surface area (Å²) in [6.07, 6.45) is 10.2. The molecular weight excluding hydrogens is 414 g/mol. The van der Waals surface area contributed by atoms with Crippen LogP contribution in [0.4, 0.5) is 0 Å². The summed E-state index contributed by atoms with van der Waals surface area (Å²) >= 11 is 0. The van der Waals surface area contributed by atoms with Crippen LogP contribution < -0.4 is 10.1 Å². The van der Waals surface area contributed by atoms with Gasteiger partial charge in [0.25, 0.3) is 0 Å². The van der Waals surface area contributed by atoms with E-state index in [9.17, 15) is 9.90 Å². The molecule has 0 saturated heterocycles. The second kappa shape index (κ2) is 12.7. The van der Waals surface area contributed by atoms with Gasteiger partial charge in [0, 0.05) is 23.5 Å². The number of unbranched alkanes of at least 4 members (excludes halogenated alkanes) is 4. The zero-order valence-electron chi connectivity index (χ0n) is 19.5. The quantitative estimate of drug-likeness (QED) is 0.343. The van der Waals surface area contributed by atoms with Crippen molar-refractivity contribution in [2.45, 2.75) is 51.5 Å². The van der Waals surface area contributed by atoms with Gasteiger partial charge in [-0.2, -0.15) is 0 Å². The molecule has 0 bridgehead atoms. The fourth-order valence-electron chi connectivity index (χ4n) is 3.60. The third-order valence-electron chi connectivity index (χ3n) is 5.65. The van der Waals surface area contributed by atoms with E-state index in [1.54, 1.807) is 7.05 Å². The van der Waals surface area contributed by atoms with Crippen LogP contribution in [0, 0.1) is 0 Å². The molecule has 0 saturated carbocycles. The van der Waals surface area contributed by atoms with E-state index in [-0.39, 0.29) is 0 Å². The Morgan fingerprint density at radius 2 is 1.55 bits per heavy atom. The average Bonchev–Trinajstić information content (AvgIpc) is 2.85. The minimum Gasteiger partial charge on any atom is -0.494 e. The minimum atomic E-state index is -0.859. The first-order valence-electron chi connectivity index (χ1n) is 11.7. The normalized spacial score (nSPS) is 11.8. The van der Waals surface area contributed by atoms with E-state index in [1.165, 1.54) is 25.7 Å². The molecule has 6 nitrogen and oxygen atoms in total. The monoisotopic (exact) mass is 447 g/mol. The second-order valence-electron chi connectivity index (χ2n) is 8.16. The van der Waals surface area contributed by atoms with E-state index in [0.717, 1.165) is 41.0 Å². The van der Waals surface area contributed by atoms with Crippen molar-refractivity contribution in [2.24, 2.45) is 0 Å². The van der Waals surface area contributed by atoms with Gasteiger partial charge in [-0.1, -0.05) is 69.0 Å². The molecule has 0 radical (unpaired) electrons. The van der Waals surface area contributed by atoms with Crippen LogP contribution in [0.2, 0.25) is 0 Å². The summed E-state index contributed by atoms with van der Waals surface area (Å²) in [7, 11) is 1.65. The van der Waals surface area contributed by atoms with Crippen molar-refractivity contribution >= 4 is 5.97 Å². The van der Waals surface area contributed by atoms with E-state index in [0.29, 0.717) is 12.2 Å². The highest BCUT2D eigenvalue weighted by Gasteiger charge is 2.15. The molecule has 0 aliphatic heterocycles. The number of aromatic nitrogens is 2. The standard InChI is InChI=1S/C27H33N3O3/c1-3-4-5-6-7-16-33-24-14-12-21(13-15-24)23-18-29-26(30-19-23)22-10-8-20(9-11-22)17-25(28-2)27(31)32/h8-15,18-19,25,28H,3-7,16-17H2,1-2H3,(H,31,32). The molecule has 174 valence electrons. The van der Waals surface area contributed by atoms with Gasteiger partial charge in [0.15, 0.2) is 5.82 Å². The number of nitrogens with zero attached hydrogens (tertiary/aromatic N) is 2. The average molecular weight is 448 g/mol. The van der Waals surface area contributed by atoms with Crippen molar-refractivity contribution < 1.29 is 14.6 Å². The predicted molar refractivity (Wildman–Crippen MR) is 131 cm³/mol. The molecule has 1 heterocycles.